The lowest BCUT2D eigenvalue weighted by atomic mass is 10.1. The third-order valence-corrected chi connectivity index (χ3v) is 2.69. The summed E-state index contributed by atoms with van der Waals surface area (Å²) >= 11 is 0. The number of aromatic carboxylic acids is 1. The first-order valence-corrected chi connectivity index (χ1v) is 5.61. The van der Waals surface area contributed by atoms with Gasteiger partial charge in [0.25, 0.3) is 0 Å². The normalized spacial score (nSPS) is 10.3. The molecule has 1 heterocycles. The van der Waals surface area contributed by atoms with Crippen LogP contribution in [0, 0.1) is 5.82 Å². The number of pyridine rings is 1. The molecule has 4 heteroatoms. The zero-order valence-corrected chi connectivity index (χ0v) is 9.85. The number of aryl methyl sites for hydroxylation is 1. The number of halogens is 1. The number of carboxylic acid groups (broad SMARTS) is 1. The summed E-state index contributed by atoms with van der Waals surface area (Å²) in [4.78, 5) is 15.2. The molecule has 0 atom stereocenters. The Morgan fingerprint density at radius 3 is 2.61 bits per heavy atom. The van der Waals surface area contributed by atoms with Gasteiger partial charge in [-0.2, -0.15) is 0 Å². The highest BCUT2D eigenvalue weighted by Crippen LogP contribution is 2.22. The monoisotopic (exact) mass is 245 g/mol. The lowest BCUT2D eigenvalue weighted by Crippen LogP contribution is -2.05. The van der Waals surface area contributed by atoms with E-state index < -0.39 is 5.97 Å². The second-order valence-electron chi connectivity index (χ2n) is 3.83. The van der Waals surface area contributed by atoms with Gasteiger partial charge in [0.2, 0.25) is 0 Å². The van der Waals surface area contributed by atoms with Crippen molar-refractivity contribution in [2.24, 2.45) is 0 Å². The van der Waals surface area contributed by atoms with Crippen LogP contribution in [0.3, 0.4) is 0 Å². The minimum Gasteiger partial charge on any atom is -0.478 e. The van der Waals surface area contributed by atoms with Gasteiger partial charge in [-0.25, -0.2) is 9.18 Å². The van der Waals surface area contributed by atoms with Gasteiger partial charge < -0.3 is 5.11 Å². The van der Waals surface area contributed by atoms with Crippen LogP contribution in [0.25, 0.3) is 11.3 Å². The molecule has 0 aliphatic rings. The van der Waals surface area contributed by atoms with E-state index in [1.54, 1.807) is 18.2 Å². The summed E-state index contributed by atoms with van der Waals surface area (Å²) in [5.74, 6) is -1.38. The lowest BCUT2D eigenvalue weighted by Gasteiger charge is -2.07. The molecule has 1 aromatic carbocycles. The third-order valence-electron chi connectivity index (χ3n) is 2.69. The quantitative estimate of drug-likeness (QED) is 0.903. The highest BCUT2D eigenvalue weighted by molar-refractivity contribution is 5.89. The number of carbonyl (C=O) groups is 1. The summed E-state index contributed by atoms with van der Waals surface area (Å²) in [7, 11) is 0. The smallest absolute Gasteiger partial charge is 0.337 e. The molecule has 2 rings (SSSR count). The standard InChI is InChI=1S/C14H12FNO2/c1-2-12-10(14(17)18)7-8-13(16-12)9-5-3-4-6-11(9)15/h3-8H,2H2,1H3,(H,17,18). The maximum absolute atomic E-state index is 13.6. The Morgan fingerprint density at radius 2 is 2.00 bits per heavy atom. The molecule has 0 amide bonds. The molecule has 0 aliphatic heterocycles. The highest BCUT2D eigenvalue weighted by atomic mass is 19.1. The molecule has 1 N–H and O–H groups in total. The van der Waals surface area contributed by atoms with E-state index in [4.69, 9.17) is 5.11 Å². The number of hydrogen-bond donors (Lipinski definition) is 1. The molecule has 0 saturated carbocycles. The van der Waals surface area contributed by atoms with Gasteiger partial charge in [0.1, 0.15) is 5.82 Å². The van der Waals surface area contributed by atoms with Crippen LogP contribution >= 0.6 is 0 Å². The minimum absolute atomic E-state index is 0.164. The molecule has 18 heavy (non-hydrogen) atoms. The summed E-state index contributed by atoms with van der Waals surface area (Å²) < 4.78 is 13.6. The summed E-state index contributed by atoms with van der Waals surface area (Å²) in [5.41, 5.74) is 1.46. The molecule has 0 saturated heterocycles. The Bertz CT molecular complexity index is 596. The summed E-state index contributed by atoms with van der Waals surface area (Å²) in [6.07, 6.45) is 0.490. The van der Waals surface area contributed by atoms with Crippen LogP contribution in [0.2, 0.25) is 0 Å². The van der Waals surface area contributed by atoms with Crippen LogP contribution in [0.4, 0.5) is 4.39 Å². The molecule has 0 unspecified atom stereocenters. The van der Waals surface area contributed by atoms with Gasteiger partial charge in [-0.15, -0.1) is 0 Å². The number of nitrogens with zero attached hydrogens (tertiary/aromatic N) is 1. The minimum atomic E-state index is -1.01. The van der Waals surface area contributed by atoms with Gasteiger partial charge in [-0.1, -0.05) is 19.1 Å². The second-order valence-corrected chi connectivity index (χ2v) is 3.83. The first-order chi connectivity index (χ1) is 8.63. The van der Waals surface area contributed by atoms with Crippen molar-refractivity contribution in [2.45, 2.75) is 13.3 Å². The molecule has 0 radical (unpaired) electrons. The maximum atomic E-state index is 13.6. The maximum Gasteiger partial charge on any atom is 0.337 e. The van der Waals surface area contributed by atoms with Crippen molar-refractivity contribution in [1.82, 2.24) is 4.98 Å². The van der Waals surface area contributed by atoms with Crippen LogP contribution < -0.4 is 0 Å². The van der Waals surface area contributed by atoms with Gasteiger partial charge in [-0.05, 0) is 30.7 Å². The average Bonchev–Trinajstić information content (AvgIpc) is 2.38. The van der Waals surface area contributed by atoms with Gasteiger partial charge >= 0.3 is 5.97 Å². The van der Waals surface area contributed by atoms with Crippen molar-refractivity contribution in [2.75, 3.05) is 0 Å². The van der Waals surface area contributed by atoms with E-state index in [1.807, 2.05) is 6.92 Å². The van der Waals surface area contributed by atoms with Crippen molar-refractivity contribution in [3.63, 3.8) is 0 Å². The van der Waals surface area contributed by atoms with Crippen LogP contribution in [0.1, 0.15) is 23.0 Å². The molecule has 92 valence electrons. The SMILES string of the molecule is CCc1nc(-c2ccccc2F)ccc1C(=O)O. The van der Waals surface area contributed by atoms with Gasteiger partial charge in [0.05, 0.1) is 17.0 Å². The number of aromatic nitrogens is 1. The fourth-order valence-corrected chi connectivity index (χ4v) is 1.78. The van der Waals surface area contributed by atoms with E-state index in [-0.39, 0.29) is 11.4 Å². The van der Waals surface area contributed by atoms with Gasteiger partial charge in [-0.3, -0.25) is 4.98 Å². The molecular weight excluding hydrogens is 233 g/mol. The Hall–Kier alpha value is -2.23. The largest absolute Gasteiger partial charge is 0.478 e. The summed E-state index contributed by atoms with van der Waals surface area (Å²) in [6, 6.07) is 9.30. The van der Waals surface area contributed by atoms with Crippen LogP contribution in [0.5, 0.6) is 0 Å². The molecule has 0 aliphatic carbocycles. The zero-order chi connectivity index (χ0) is 13.1. The lowest BCUT2D eigenvalue weighted by molar-refractivity contribution is 0.0695. The molecule has 0 bridgehead atoms. The summed E-state index contributed by atoms with van der Waals surface area (Å²) in [5, 5.41) is 9.00. The van der Waals surface area contributed by atoms with Crippen LogP contribution in [-0.2, 0) is 6.42 Å². The number of carboxylic acids is 1. The van der Waals surface area contributed by atoms with Crippen LogP contribution in [0.15, 0.2) is 36.4 Å². The van der Waals surface area contributed by atoms with Gasteiger partial charge in [0.15, 0.2) is 0 Å². The third kappa shape index (κ3) is 2.22. The van der Waals surface area contributed by atoms with E-state index in [0.717, 1.165) is 0 Å². The average molecular weight is 245 g/mol. The number of rotatable bonds is 3. The fraction of sp³-hybridized carbons (Fsp3) is 0.143. The molecule has 0 spiro atoms. The molecular formula is C14H12FNO2. The van der Waals surface area contributed by atoms with Crippen molar-refractivity contribution in [3.05, 3.63) is 53.5 Å². The van der Waals surface area contributed by atoms with Crippen molar-refractivity contribution >= 4 is 5.97 Å². The first kappa shape index (κ1) is 12.2. The molecule has 3 nitrogen and oxygen atoms in total. The van der Waals surface area contributed by atoms with E-state index in [2.05, 4.69) is 4.98 Å². The molecule has 0 fully saturated rings. The highest BCUT2D eigenvalue weighted by Gasteiger charge is 2.13. The fourth-order valence-electron chi connectivity index (χ4n) is 1.78. The topological polar surface area (TPSA) is 50.2 Å². The summed E-state index contributed by atoms with van der Waals surface area (Å²) in [6.45, 7) is 1.82. The van der Waals surface area contributed by atoms with E-state index in [9.17, 15) is 9.18 Å². The Kier molecular flexibility index (Phi) is 3.37. The van der Waals surface area contributed by atoms with Crippen molar-refractivity contribution < 1.29 is 14.3 Å². The van der Waals surface area contributed by atoms with Crippen molar-refractivity contribution in [1.29, 1.82) is 0 Å². The van der Waals surface area contributed by atoms with Crippen LogP contribution in [-0.4, -0.2) is 16.1 Å². The van der Waals surface area contributed by atoms with E-state index in [0.29, 0.717) is 23.4 Å². The van der Waals surface area contributed by atoms with Gasteiger partial charge in [0, 0.05) is 5.56 Å². The number of benzene rings is 1. The predicted molar refractivity (Wildman–Crippen MR) is 66.0 cm³/mol. The molecule has 2 aromatic rings. The van der Waals surface area contributed by atoms with Crippen molar-refractivity contribution in [3.8, 4) is 11.3 Å². The Balaban J connectivity index is 2.55. The Morgan fingerprint density at radius 1 is 1.28 bits per heavy atom. The second kappa shape index (κ2) is 4.96. The first-order valence-electron chi connectivity index (χ1n) is 5.61. The molecule has 1 aromatic heterocycles. The van der Waals surface area contributed by atoms with E-state index >= 15 is 0 Å². The zero-order valence-electron chi connectivity index (χ0n) is 9.85. The number of hydrogen-bond acceptors (Lipinski definition) is 2. The predicted octanol–water partition coefficient (Wildman–Crippen LogP) is 3.15. The van der Waals surface area contributed by atoms with E-state index in [1.165, 1.54) is 18.2 Å². The Labute approximate surface area is 104 Å².